The van der Waals surface area contributed by atoms with E-state index in [2.05, 4.69) is 5.32 Å². The first-order valence-electron chi connectivity index (χ1n) is 6.76. The molecule has 1 unspecified atom stereocenters. The van der Waals surface area contributed by atoms with E-state index < -0.39 is 0 Å². The van der Waals surface area contributed by atoms with Gasteiger partial charge in [-0.3, -0.25) is 4.79 Å². The van der Waals surface area contributed by atoms with Gasteiger partial charge in [-0.15, -0.1) is 0 Å². The van der Waals surface area contributed by atoms with Crippen molar-refractivity contribution >= 4 is 17.3 Å². The second kappa shape index (κ2) is 4.64. The van der Waals surface area contributed by atoms with E-state index in [1.165, 1.54) is 0 Å². The fourth-order valence-electron chi connectivity index (χ4n) is 2.58. The van der Waals surface area contributed by atoms with Crippen molar-refractivity contribution in [3.63, 3.8) is 0 Å². The molecule has 1 aromatic carbocycles. The third-order valence-electron chi connectivity index (χ3n) is 3.57. The van der Waals surface area contributed by atoms with Crippen molar-refractivity contribution in [2.75, 3.05) is 30.0 Å². The summed E-state index contributed by atoms with van der Waals surface area (Å²) < 4.78 is 11.2. The number of fused-ring (bicyclic) bond motifs is 2. The summed E-state index contributed by atoms with van der Waals surface area (Å²) in [7, 11) is 0. The van der Waals surface area contributed by atoms with Gasteiger partial charge in [0.2, 0.25) is 5.91 Å². The molecule has 2 heterocycles. The maximum Gasteiger partial charge on any atom is 0.249 e. The molecule has 5 heteroatoms. The number of amides is 1. The fourth-order valence-corrected chi connectivity index (χ4v) is 2.58. The molecule has 0 fully saturated rings. The molecule has 3 rings (SSSR count). The molecule has 19 heavy (non-hydrogen) atoms. The molecule has 0 saturated heterocycles. The first-order chi connectivity index (χ1) is 9.24. The normalized spacial score (nSPS) is 20.8. The predicted octanol–water partition coefficient (Wildman–Crippen LogP) is 2.01. The molecule has 0 aliphatic carbocycles. The highest BCUT2D eigenvalue weighted by Gasteiger charge is 2.32. The number of ether oxygens (including phenoxy) is 2. The Morgan fingerprint density at radius 2 is 1.95 bits per heavy atom. The fraction of sp³-hybridized carbons (Fsp3) is 0.500. The predicted molar refractivity (Wildman–Crippen MR) is 73.2 cm³/mol. The Hall–Kier alpha value is -1.91. The number of hydrogen-bond acceptors (Lipinski definition) is 4. The van der Waals surface area contributed by atoms with Gasteiger partial charge in [-0.25, -0.2) is 0 Å². The van der Waals surface area contributed by atoms with E-state index >= 15 is 0 Å². The Labute approximate surface area is 112 Å². The number of anilines is 2. The monoisotopic (exact) mass is 262 g/mol. The van der Waals surface area contributed by atoms with Gasteiger partial charge in [0, 0.05) is 18.7 Å². The second-order valence-electron chi connectivity index (χ2n) is 4.70. The van der Waals surface area contributed by atoms with Crippen LogP contribution in [0.5, 0.6) is 11.5 Å². The number of carbonyl (C=O) groups is 1. The molecule has 0 radical (unpaired) electrons. The minimum absolute atomic E-state index is 0.120. The van der Waals surface area contributed by atoms with Crippen LogP contribution in [0, 0.1) is 0 Å². The lowest BCUT2D eigenvalue weighted by molar-refractivity contribution is -0.119. The van der Waals surface area contributed by atoms with Crippen molar-refractivity contribution in [2.45, 2.75) is 26.3 Å². The summed E-state index contributed by atoms with van der Waals surface area (Å²) in [5, 5.41) is 3.28. The van der Waals surface area contributed by atoms with Crippen molar-refractivity contribution < 1.29 is 14.3 Å². The Balaban J connectivity index is 2.07. The third kappa shape index (κ3) is 1.89. The topological polar surface area (TPSA) is 50.8 Å². The molecule has 2 aliphatic heterocycles. The van der Waals surface area contributed by atoms with Gasteiger partial charge in [0.15, 0.2) is 11.5 Å². The van der Waals surface area contributed by atoms with Gasteiger partial charge in [-0.1, -0.05) is 6.92 Å². The number of nitrogens with one attached hydrogen (secondary N) is 1. The van der Waals surface area contributed by atoms with E-state index in [4.69, 9.17) is 9.47 Å². The van der Waals surface area contributed by atoms with Crippen LogP contribution in [-0.4, -0.2) is 31.7 Å². The summed E-state index contributed by atoms with van der Waals surface area (Å²) in [5.74, 6) is 1.58. The average molecular weight is 262 g/mol. The highest BCUT2D eigenvalue weighted by Crippen LogP contribution is 2.42. The SMILES string of the molecule is CCC1Nc2cc3c(cc2N(CC)C1=O)OCCO3. The molecule has 0 spiro atoms. The zero-order valence-electron chi connectivity index (χ0n) is 11.2. The number of carbonyl (C=O) groups excluding carboxylic acids is 1. The number of benzene rings is 1. The highest BCUT2D eigenvalue weighted by molar-refractivity contribution is 6.05. The molecular weight excluding hydrogens is 244 g/mol. The van der Waals surface area contributed by atoms with Crippen molar-refractivity contribution in [1.29, 1.82) is 0 Å². The lowest BCUT2D eigenvalue weighted by Crippen LogP contribution is -2.46. The maximum atomic E-state index is 12.3. The van der Waals surface area contributed by atoms with Crippen LogP contribution in [0.4, 0.5) is 11.4 Å². The molecular formula is C14H18N2O3. The first-order valence-corrected chi connectivity index (χ1v) is 6.76. The quantitative estimate of drug-likeness (QED) is 0.886. The van der Waals surface area contributed by atoms with E-state index in [9.17, 15) is 4.79 Å². The van der Waals surface area contributed by atoms with Crippen LogP contribution >= 0.6 is 0 Å². The molecule has 0 bridgehead atoms. The minimum Gasteiger partial charge on any atom is -0.486 e. The molecule has 102 valence electrons. The Bertz CT molecular complexity index is 516. The van der Waals surface area contributed by atoms with E-state index in [0.717, 1.165) is 23.5 Å². The molecule has 5 nitrogen and oxygen atoms in total. The van der Waals surface area contributed by atoms with Crippen LogP contribution in [0.25, 0.3) is 0 Å². The molecule has 2 aliphatic rings. The lowest BCUT2D eigenvalue weighted by Gasteiger charge is -2.35. The van der Waals surface area contributed by atoms with Crippen LogP contribution in [0.15, 0.2) is 12.1 Å². The maximum absolute atomic E-state index is 12.3. The van der Waals surface area contributed by atoms with E-state index in [-0.39, 0.29) is 11.9 Å². The molecule has 1 N–H and O–H groups in total. The third-order valence-corrected chi connectivity index (χ3v) is 3.57. The zero-order valence-corrected chi connectivity index (χ0v) is 11.2. The minimum atomic E-state index is -0.157. The van der Waals surface area contributed by atoms with Crippen LogP contribution in [0.1, 0.15) is 20.3 Å². The zero-order chi connectivity index (χ0) is 13.4. The molecule has 1 atom stereocenters. The smallest absolute Gasteiger partial charge is 0.249 e. The van der Waals surface area contributed by atoms with Gasteiger partial charge >= 0.3 is 0 Å². The summed E-state index contributed by atoms with van der Waals surface area (Å²) in [6, 6.07) is 3.67. The highest BCUT2D eigenvalue weighted by atomic mass is 16.6. The summed E-state index contributed by atoms with van der Waals surface area (Å²) in [6.45, 7) is 5.77. The summed E-state index contributed by atoms with van der Waals surface area (Å²) >= 11 is 0. The first kappa shape index (κ1) is 12.1. The lowest BCUT2D eigenvalue weighted by atomic mass is 10.1. The number of hydrogen-bond donors (Lipinski definition) is 1. The Morgan fingerprint density at radius 3 is 2.58 bits per heavy atom. The molecule has 0 saturated carbocycles. The van der Waals surface area contributed by atoms with Gasteiger partial charge < -0.3 is 19.7 Å². The standard InChI is InChI=1S/C14H18N2O3/c1-3-9-14(17)16(4-2)11-8-13-12(7-10(11)15-9)18-5-6-19-13/h7-9,15H,3-6H2,1-2H3. The van der Waals surface area contributed by atoms with Crippen LogP contribution < -0.4 is 19.7 Å². The van der Waals surface area contributed by atoms with Gasteiger partial charge in [0.1, 0.15) is 19.3 Å². The van der Waals surface area contributed by atoms with Crippen molar-refractivity contribution in [3.8, 4) is 11.5 Å². The summed E-state index contributed by atoms with van der Waals surface area (Å²) in [6.07, 6.45) is 0.767. The van der Waals surface area contributed by atoms with Crippen LogP contribution in [0.3, 0.4) is 0 Å². The largest absolute Gasteiger partial charge is 0.486 e. The van der Waals surface area contributed by atoms with Crippen LogP contribution in [-0.2, 0) is 4.79 Å². The van der Waals surface area contributed by atoms with Gasteiger partial charge in [0.25, 0.3) is 0 Å². The Morgan fingerprint density at radius 1 is 1.26 bits per heavy atom. The van der Waals surface area contributed by atoms with E-state index in [1.807, 2.05) is 26.0 Å². The van der Waals surface area contributed by atoms with Crippen molar-refractivity contribution in [3.05, 3.63) is 12.1 Å². The van der Waals surface area contributed by atoms with Gasteiger partial charge in [-0.2, -0.15) is 0 Å². The Kier molecular flexibility index (Phi) is 2.97. The summed E-state index contributed by atoms with van der Waals surface area (Å²) in [5.41, 5.74) is 1.82. The summed E-state index contributed by atoms with van der Waals surface area (Å²) in [4.78, 5) is 14.1. The molecule has 1 aromatic rings. The van der Waals surface area contributed by atoms with Crippen molar-refractivity contribution in [1.82, 2.24) is 0 Å². The molecule has 0 aromatic heterocycles. The average Bonchev–Trinajstić information content (AvgIpc) is 2.45. The second-order valence-corrected chi connectivity index (χ2v) is 4.70. The van der Waals surface area contributed by atoms with E-state index in [1.54, 1.807) is 4.90 Å². The van der Waals surface area contributed by atoms with Gasteiger partial charge in [-0.05, 0) is 13.3 Å². The molecule has 1 amide bonds. The number of nitrogens with zero attached hydrogens (tertiary/aromatic N) is 1. The van der Waals surface area contributed by atoms with Gasteiger partial charge in [0.05, 0.1) is 11.4 Å². The number of likely N-dealkylation sites (N-methyl/N-ethyl adjacent to an activating group) is 1. The van der Waals surface area contributed by atoms with Crippen molar-refractivity contribution in [2.24, 2.45) is 0 Å². The van der Waals surface area contributed by atoms with Crippen LogP contribution in [0.2, 0.25) is 0 Å². The number of rotatable bonds is 2. The van der Waals surface area contributed by atoms with E-state index in [0.29, 0.717) is 25.5 Å².